The molecule has 0 aliphatic carbocycles. The molecule has 0 radical (unpaired) electrons. The summed E-state index contributed by atoms with van der Waals surface area (Å²) >= 11 is 6.05. The molecule has 0 saturated heterocycles. The Morgan fingerprint density at radius 1 is 1.29 bits per heavy atom. The zero-order valence-corrected chi connectivity index (χ0v) is 11.3. The highest BCUT2D eigenvalue weighted by Gasteiger charge is 2.38. The van der Waals surface area contributed by atoms with Crippen LogP contribution in [0.25, 0.3) is 0 Å². The molecule has 2 aromatic rings. The van der Waals surface area contributed by atoms with E-state index in [1.807, 2.05) is 0 Å². The van der Waals surface area contributed by atoms with Gasteiger partial charge in [-0.25, -0.2) is 4.79 Å². The van der Waals surface area contributed by atoms with Crippen LogP contribution in [0.2, 0.25) is 5.02 Å². The van der Waals surface area contributed by atoms with Crippen LogP contribution in [-0.2, 0) is 11.3 Å². The predicted molar refractivity (Wildman–Crippen MR) is 72.6 cm³/mol. The minimum atomic E-state index is -1.24. The van der Waals surface area contributed by atoms with Crippen molar-refractivity contribution in [1.82, 2.24) is 0 Å². The average Bonchev–Trinajstić information content (AvgIpc) is 2.99. The zero-order chi connectivity index (χ0) is 15.1. The van der Waals surface area contributed by atoms with E-state index >= 15 is 0 Å². The maximum Gasteiger partial charge on any atom is 0.372 e. The summed E-state index contributed by atoms with van der Waals surface area (Å²) in [5.74, 6) is -2.91. The van der Waals surface area contributed by atoms with E-state index < -0.39 is 17.7 Å². The van der Waals surface area contributed by atoms with Crippen molar-refractivity contribution in [2.75, 3.05) is 4.90 Å². The number of Topliss-reactive ketones (excluding diaryl/α,β-unsaturated/α-hetero) is 1. The number of rotatable bonds is 3. The van der Waals surface area contributed by atoms with Gasteiger partial charge in [0.25, 0.3) is 11.7 Å². The number of aromatic carboxylic acids is 1. The Morgan fingerprint density at radius 3 is 2.76 bits per heavy atom. The lowest BCUT2D eigenvalue weighted by Gasteiger charge is -2.16. The number of carboxylic acid groups (broad SMARTS) is 1. The molecule has 1 aliphatic rings. The van der Waals surface area contributed by atoms with Crippen molar-refractivity contribution in [2.45, 2.75) is 6.54 Å². The molecular weight excluding hydrogens is 298 g/mol. The predicted octanol–water partition coefficient (Wildman–Crippen LogP) is 2.36. The fraction of sp³-hybridized carbons (Fsp3) is 0.0714. The van der Waals surface area contributed by atoms with E-state index in [9.17, 15) is 14.4 Å². The summed E-state index contributed by atoms with van der Waals surface area (Å²) in [6.07, 6.45) is 1.22. The van der Waals surface area contributed by atoms with Gasteiger partial charge in [-0.05, 0) is 18.2 Å². The summed E-state index contributed by atoms with van der Waals surface area (Å²) < 4.78 is 4.86. The Balaban J connectivity index is 2.05. The molecule has 1 aliphatic heterocycles. The quantitative estimate of drug-likeness (QED) is 0.879. The molecule has 7 heteroatoms. The van der Waals surface area contributed by atoms with Gasteiger partial charge in [-0.3, -0.25) is 14.5 Å². The average molecular weight is 306 g/mol. The normalized spacial score (nSPS) is 13.7. The second-order valence-corrected chi connectivity index (χ2v) is 4.84. The molecule has 0 spiro atoms. The van der Waals surface area contributed by atoms with E-state index in [0.29, 0.717) is 5.69 Å². The molecule has 1 N–H and O–H groups in total. The van der Waals surface area contributed by atoms with E-state index in [0.717, 1.165) is 4.90 Å². The third-order valence-corrected chi connectivity index (χ3v) is 3.52. The Hall–Kier alpha value is -2.60. The molecule has 2 heterocycles. The summed E-state index contributed by atoms with van der Waals surface area (Å²) in [6, 6.07) is 6.09. The molecule has 0 bridgehead atoms. The van der Waals surface area contributed by atoms with Crippen LogP contribution in [-0.4, -0.2) is 22.8 Å². The molecule has 0 saturated carbocycles. The topological polar surface area (TPSA) is 87.8 Å². The summed E-state index contributed by atoms with van der Waals surface area (Å²) in [4.78, 5) is 36.2. The van der Waals surface area contributed by atoms with Crippen molar-refractivity contribution < 1.29 is 23.9 Å². The number of amides is 1. The van der Waals surface area contributed by atoms with E-state index in [-0.39, 0.29) is 28.5 Å². The summed E-state index contributed by atoms with van der Waals surface area (Å²) in [5, 5.41) is 9.26. The van der Waals surface area contributed by atoms with Crippen LogP contribution in [0.15, 0.2) is 34.9 Å². The van der Waals surface area contributed by atoms with Crippen LogP contribution in [0.5, 0.6) is 0 Å². The fourth-order valence-corrected chi connectivity index (χ4v) is 2.56. The maximum atomic E-state index is 12.1. The van der Waals surface area contributed by atoms with Crippen LogP contribution >= 0.6 is 11.6 Å². The largest absolute Gasteiger partial charge is 0.475 e. The first-order chi connectivity index (χ1) is 10.0. The van der Waals surface area contributed by atoms with Crippen molar-refractivity contribution in [1.29, 1.82) is 0 Å². The number of carbonyl (C=O) groups excluding carboxylic acids is 2. The minimum Gasteiger partial charge on any atom is -0.475 e. The van der Waals surface area contributed by atoms with E-state index in [1.54, 1.807) is 12.1 Å². The number of benzene rings is 1. The highest BCUT2D eigenvalue weighted by molar-refractivity contribution is 6.54. The molecule has 1 aromatic heterocycles. The molecule has 1 aromatic carbocycles. The highest BCUT2D eigenvalue weighted by Crippen LogP contribution is 2.36. The standard InChI is InChI=1S/C14H8ClNO5/c15-9-3-1-2-8-10(9)16(13(18)11(8)17)6-7-4-5-21-12(7)14(19)20/h1-5H,6H2,(H,19,20). The van der Waals surface area contributed by atoms with Gasteiger partial charge in [-0.15, -0.1) is 0 Å². The van der Waals surface area contributed by atoms with Crippen LogP contribution in [0.3, 0.4) is 0 Å². The summed E-state index contributed by atoms with van der Waals surface area (Å²) in [5.41, 5.74) is 0.802. The van der Waals surface area contributed by atoms with Crippen molar-refractivity contribution in [2.24, 2.45) is 0 Å². The number of ketones is 1. The maximum absolute atomic E-state index is 12.1. The van der Waals surface area contributed by atoms with Gasteiger partial charge in [0.1, 0.15) is 0 Å². The lowest BCUT2D eigenvalue weighted by molar-refractivity contribution is -0.114. The number of anilines is 1. The molecule has 21 heavy (non-hydrogen) atoms. The molecule has 0 unspecified atom stereocenters. The van der Waals surface area contributed by atoms with E-state index in [1.165, 1.54) is 18.4 Å². The SMILES string of the molecule is O=C1C(=O)N(Cc2ccoc2C(=O)O)c2c(Cl)cccc21. The summed E-state index contributed by atoms with van der Waals surface area (Å²) in [7, 11) is 0. The molecule has 0 fully saturated rings. The third kappa shape index (κ3) is 2.00. The van der Waals surface area contributed by atoms with Gasteiger partial charge in [-0.1, -0.05) is 17.7 Å². The number of furan rings is 1. The second kappa shape index (κ2) is 4.75. The van der Waals surface area contributed by atoms with Gasteiger partial charge in [0.15, 0.2) is 0 Å². The van der Waals surface area contributed by atoms with Gasteiger partial charge in [-0.2, -0.15) is 0 Å². The Bertz CT molecular complexity index is 779. The Morgan fingerprint density at radius 2 is 2.05 bits per heavy atom. The van der Waals surface area contributed by atoms with Crippen molar-refractivity contribution >= 4 is 34.9 Å². The highest BCUT2D eigenvalue weighted by atomic mass is 35.5. The molecule has 106 valence electrons. The van der Waals surface area contributed by atoms with Crippen molar-refractivity contribution in [3.05, 3.63) is 52.4 Å². The van der Waals surface area contributed by atoms with Crippen LogP contribution in [0.1, 0.15) is 26.5 Å². The van der Waals surface area contributed by atoms with Gasteiger partial charge in [0.2, 0.25) is 5.76 Å². The lowest BCUT2D eigenvalue weighted by Crippen LogP contribution is -2.29. The first-order valence-electron chi connectivity index (χ1n) is 5.95. The number of hydrogen-bond donors (Lipinski definition) is 1. The second-order valence-electron chi connectivity index (χ2n) is 4.44. The van der Waals surface area contributed by atoms with Crippen LogP contribution in [0, 0.1) is 0 Å². The number of fused-ring (bicyclic) bond motifs is 1. The summed E-state index contributed by atoms with van der Waals surface area (Å²) in [6.45, 7) is -0.0978. The first kappa shape index (κ1) is 13.4. The van der Waals surface area contributed by atoms with Crippen LogP contribution < -0.4 is 4.90 Å². The number of carboxylic acids is 1. The molecular formula is C14H8ClNO5. The Kier molecular flexibility index (Phi) is 3.03. The molecule has 0 atom stereocenters. The first-order valence-corrected chi connectivity index (χ1v) is 6.33. The number of nitrogens with zero attached hydrogens (tertiary/aromatic N) is 1. The minimum absolute atomic E-state index is 0.0978. The van der Waals surface area contributed by atoms with Crippen LogP contribution in [0.4, 0.5) is 5.69 Å². The van der Waals surface area contributed by atoms with E-state index in [2.05, 4.69) is 0 Å². The zero-order valence-electron chi connectivity index (χ0n) is 10.5. The van der Waals surface area contributed by atoms with Gasteiger partial charge in [0, 0.05) is 5.56 Å². The van der Waals surface area contributed by atoms with E-state index in [4.69, 9.17) is 21.1 Å². The number of hydrogen-bond acceptors (Lipinski definition) is 4. The smallest absolute Gasteiger partial charge is 0.372 e. The lowest BCUT2D eigenvalue weighted by atomic mass is 10.1. The van der Waals surface area contributed by atoms with Gasteiger partial charge in [0.05, 0.1) is 29.1 Å². The van der Waals surface area contributed by atoms with Gasteiger partial charge < -0.3 is 9.52 Å². The van der Waals surface area contributed by atoms with Crippen molar-refractivity contribution in [3.63, 3.8) is 0 Å². The fourth-order valence-electron chi connectivity index (χ4n) is 2.28. The molecule has 3 rings (SSSR count). The monoisotopic (exact) mass is 305 g/mol. The number of carbonyl (C=O) groups is 3. The third-order valence-electron chi connectivity index (χ3n) is 3.21. The van der Waals surface area contributed by atoms with Gasteiger partial charge >= 0.3 is 5.97 Å². The number of halogens is 1. The van der Waals surface area contributed by atoms with Crippen molar-refractivity contribution in [3.8, 4) is 0 Å². The molecule has 6 nitrogen and oxygen atoms in total. The molecule has 1 amide bonds. The Labute approximate surface area is 123 Å². The number of para-hydroxylation sites is 1.